The van der Waals surface area contributed by atoms with Gasteiger partial charge in [0.1, 0.15) is 5.76 Å². The smallest absolute Gasteiger partial charge is 0.246 e. The van der Waals surface area contributed by atoms with Gasteiger partial charge < -0.3 is 9.32 Å². The Bertz CT molecular complexity index is 314. The molecule has 0 aliphatic rings. The molecule has 0 aromatic carbocycles. The number of hydrogen-bond acceptors (Lipinski definition) is 2. The van der Waals surface area contributed by atoms with Crippen LogP contribution < -0.4 is 0 Å². The highest BCUT2D eigenvalue weighted by molar-refractivity contribution is 5.91. The zero-order valence-corrected chi connectivity index (χ0v) is 9.27. The van der Waals surface area contributed by atoms with E-state index in [-0.39, 0.29) is 5.91 Å². The molecule has 1 heterocycles. The topological polar surface area (TPSA) is 33.5 Å². The number of likely N-dealkylation sites (N-methyl/N-ethyl adjacent to an activating group) is 1. The van der Waals surface area contributed by atoms with Crippen LogP contribution in [-0.4, -0.2) is 24.4 Å². The van der Waals surface area contributed by atoms with E-state index in [0.717, 1.165) is 19.4 Å². The Kier molecular flexibility index (Phi) is 4.68. The molecular formula is C12H17NO2. The summed E-state index contributed by atoms with van der Waals surface area (Å²) in [6.07, 6.45) is 6.95. The third-order valence-electron chi connectivity index (χ3n) is 2.16. The van der Waals surface area contributed by atoms with Crippen LogP contribution in [-0.2, 0) is 4.79 Å². The summed E-state index contributed by atoms with van der Waals surface area (Å²) in [5.41, 5.74) is 0. The summed E-state index contributed by atoms with van der Waals surface area (Å²) < 4.78 is 5.09. The highest BCUT2D eigenvalue weighted by atomic mass is 16.3. The Morgan fingerprint density at radius 3 is 3.00 bits per heavy atom. The first-order valence-electron chi connectivity index (χ1n) is 5.20. The molecule has 3 nitrogen and oxygen atoms in total. The summed E-state index contributed by atoms with van der Waals surface area (Å²) >= 11 is 0. The van der Waals surface area contributed by atoms with Crippen LogP contribution in [0.25, 0.3) is 6.08 Å². The summed E-state index contributed by atoms with van der Waals surface area (Å²) in [6, 6.07) is 3.61. The van der Waals surface area contributed by atoms with E-state index >= 15 is 0 Å². The predicted molar refractivity (Wildman–Crippen MR) is 60.3 cm³/mol. The van der Waals surface area contributed by atoms with E-state index in [2.05, 4.69) is 6.92 Å². The minimum atomic E-state index is 0.0138. The highest BCUT2D eigenvalue weighted by Gasteiger charge is 2.03. The van der Waals surface area contributed by atoms with Crippen molar-refractivity contribution in [2.45, 2.75) is 19.8 Å². The van der Waals surface area contributed by atoms with Crippen LogP contribution in [0.2, 0.25) is 0 Å². The van der Waals surface area contributed by atoms with Gasteiger partial charge in [0.25, 0.3) is 0 Å². The van der Waals surface area contributed by atoms with Crippen LogP contribution in [0.4, 0.5) is 0 Å². The first-order chi connectivity index (χ1) is 7.24. The second kappa shape index (κ2) is 6.06. The number of carbonyl (C=O) groups is 1. The van der Waals surface area contributed by atoms with Crippen LogP contribution in [0.1, 0.15) is 25.5 Å². The molecule has 0 fully saturated rings. The quantitative estimate of drug-likeness (QED) is 0.695. The van der Waals surface area contributed by atoms with E-state index in [1.165, 1.54) is 6.08 Å². The maximum Gasteiger partial charge on any atom is 0.246 e. The third-order valence-corrected chi connectivity index (χ3v) is 2.16. The molecule has 0 atom stereocenters. The standard InChI is InChI=1S/C12H17NO2/c1-3-4-9-13(2)12(14)8-7-11-6-5-10-15-11/h5-8,10H,3-4,9H2,1-2H3/b8-7+. The molecule has 82 valence electrons. The Morgan fingerprint density at radius 1 is 1.60 bits per heavy atom. The van der Waals surface area contributed by atoms with E-state index < -0.39 is 0 Å². The molecule has 0 bridgehead atoms. The number of nitrogens with zero attached hydrogens (tertiary/aromatic N) is 1. The van der Waals surface area contributed by atoms with Crippen LogP contribution in [0.15, 0.2) is 28.9 Å². The monoisotopic (exact) mass is 207 g/mol. The average molecular weight is 207 g/mol. The molecule has 0 aliphatic heterocycles. The number of furan rings is 1. The van der Waals surface area contributed by atoms with Gasteiger partial charge in [-0.1, -0.05) is 13.3 Å². The van der Waals surface area contributed by atoms with E-state index in [4.69, 9.17) is 4.42 Å². The van der Waals surface area contributed by atoms with Gasteiger partial charge in [0.15, 0.2) is 0 Å². The van der Waals surface area contributed by atoms with Crippen LogP contribution in [0.3, 0.4) is 0 Å². The number of rotatable bonds is 5. The van der Waals surface area contributed by atoms with Gasteiger partial charge in [-0.15, -0.1) is 0 Å². The first-order valence-corrected chi connectivity index (χ1v) is 5.20. The fourth-order valence-electron chi connectivity index (χ4n) is 1.17. The Balaban J connectivity index is 2.41. The molecule has 0 saturated heterocycles. The van der Waals surface area contributed by atoms with Gasteiger partial charge >= 0.3 is 0 Å². The van der Waals surface area contributed by atoms with Gasteiger partial charge in [-0.3, -0.25) is 4.79 Å². The number of unbranched alkanes of at least 4 members (excludes halogenated alkanes) is 1. The Labute approximate surface area is 90.4 Å². The third kappa shape index (κ3) is 4.02. The maximum atomic E-state index is 11.5. The summed E-state index contributed by atoms with van der Waals surface area (Å²) in [7, 11) is 1.81. The zero-order chi connectivity index (χ0) is 11.1. The molecular weight excluding hydrogens is 190 g/mol. The molecule has 15 heavy (non-hydrogen) atoms. The van der Waals surface area contributed by atoms with Gasteiger partial charge in [-0.2, -0.15) is 0 Å². The van der Waals surface area contributed by atoms with E-state index in [1.54, 1.807) is 23.3 Å². The lowest BCUT2D eigenvalue weighted by molar-refractivity contribution is -0.124. The van der Waals surface area contributed by atoms with Crippen LogP contribution in [0.5, 0.6) is 0 Å². The lowest BCUT2D eigenvalue weighted by atomic mass is 10.3. The molecule has 0 spiro atoms. The van der Waals surface area contributed by atoms with Crippen molar-refractivity contribution in [3.05, 3.63) is 30.2 Å². The van der Waals surface area contributed by atoms with Crippen LogP contribution in [0, 0.1) is 0 Å². The van der Waals surface area contributed by atoms with E-state index in [9.17, 15) is 4.79 Å². The first kappa shape index (κ1) is 11.6. The van der Waals surface area contributed by atoms with Crippen molar-refractivity contribution in [1.29, 1.82) is 0 Å². The second-order valence-corrected chi connectivity index (χ2v) is 3.46. The summed E-state index contributed by atoms with van der Waals surface area (Å²) in [6.45, 7) is 2.91. The average Bonchev–Trinajstić information content (AvgIpc) is 2.75. The predicted octanol–water partition coefficient (Wildman–Crippen LogP) is 2.55. The molecule has 0 saturated carbocycles. The Morgan fingerprint density at radius 2 is 2.40 bits per heavy atom. The number of carbonyl (C=O) groups excluding carboxylic acids is 1. The Hall–Kier alpha value is -1.51. The summed E-state index contributed by atoms with van der Waals surface area (Å²) in [4.78, 5) is 13.3. The van der Waals surface area contributed by atoms with Gasteiger partial charge in [-0.25, -0.2) is 0 Å². The number of amides is 1. The van der Waals surface area contributed by atoms with Crippen molar-refractivity contribution < 1.29 is 9.21 Å². The minimum absolute atomic E-state index is 0.0138. The fraction of sp³-hybridized carbons (Fsp3) is 0.417. The van der Waals surface area contributed by atoms with Crippen molar-refractivity contribution in [2.75, 3.05) is 13.6 Å². The minimum Gasteiger partial charge on any atom is -0.465 e. The van der Waals surface area contributed by atoms with Crippen molar-refractivity contribution in [2.24, 2.45) is 0 Å². The van der Waals surface area contributed by atoms with E-state index in [1.807, 2.05) is 13.1 Å². The molecule has 3 heteroatoms. The van der Waals surface area contributed by atoms with Gasteiger partial charge in [-0.05, 0) is 24.6 Å². The molecule has 1 rings (SSSR count). The molecule has 1 aromatic rings. The molecule has 0 unspecified atom stereocenters. The zero-order valence-electron chi connectivity index (χ0n) is 9.27. The number of hydrogen-bond donors (Lipinski definition) is 0. The second-order valence-electron chi connectivity index (χ2n) is 3.46. The maximum absolute atomic E-state index is 11.5. The van der Waals surface area contributed by atoms with Gasteiger partial charge in [0.05, 0.1) is 6.26 Å². The van der Waals surface area contributed by atoms with Crippen molar-refractivity contribution in [1.82, 2.24) is 4.90 Å². The van der Waals surface area contributed by atoms with Crippen molar-refractivity contribution >= 4 is 12.0 Å². The molecule has 0 radical (unpaired) electrons. The normalized spacial score (nSPS) is 10.8. The fourth-order valence-corrected chi connectivity index (χ4v) is 1.17. The SMILES string of the molecule is CCCCN(C)C(=O)/C=C/c1ccco1. The van der Waals surface area contributed by atoms with E-state index in [0.29, 0.717) is 5.76 Å². The van der Waals surface area contributed by atoms with Crippen LogP contribution >= 0.6 is 0 Å². The molecule has 1 aromatic heterocycles. The largest absolute Gasteiger partial charge is 0.465 e. The van der Waals surface area contributed by atoms with Gasteiger partial charge in [0.2, 0.25) is 5.91 Å². The molecule has 1 amide bonds. The van der Waals surface area contributed by atoms with Crippen molar-refractivity contribution in [3.63, 3.8) is 0 Å². The lowest BCUT2D eigenvalue weighted by Gasteiger charge is -2.13. The molecule has 0 aliphatic carbocycles. The molecule has 0 N–H and O–H groups in total. The van der Waals surface area contributed by atoms with Crippen molar-refractivity contribution in [3.8, 4) is 0 Å². The lowest BCUT2D eigenvalue weighted by Crippen LogP contribution is -2.25. The van der Waals surface area contributed by atoms with Gasteiger partial charge in [0, 0.05) is 19.7 Å². The highest BCUT2D eigenvalue weighted by Crippen LogP contribution is 2.03. The summed E-state index contributed by atoms with van der Waals surface area (Å²) in [5, 5.41) is 0. The summed E-state index contributed by atoms with van der Waals surface area (Å²) in [5.74, 6) is 0.715.